The van der Waals surface area contributed by atoms with Crippen molar-refractivity contribution in [2.75, 3.05) is 11.5 Å². The maximum absolute atomic E-state index is 12.7. The number of nitrogens with one attached hydrogen (secondary N) is 1. The van der Waals surface area contributed by atoms with Gasteiger partial charge in [-0.2, -0.15) is 0 Å². The maximum Gasteiger partial charge on any atom is 0.352 e. The van der Waals surface area contributed by atoms with Crippen molar-refractivity contribution in [3.05, 3.63) is 59.3 Å². The van der Waals surface area contributed by atoms with Gasteiger partial charge in [0.25, 0.3) is 5.91 Å². The molecule has 12 nitrogen and oxygen atoms in total. The van der Waals surface area contributed by atoms with E-state index in [1.54, 1.807) is 42.5 Å². The Balaban J connectivity index is 1.36. The highest BCUT2D eigenvalue weighted by Crippen LogP contribution is 2.48. The number of aliphatic carboxylic acids is 1. The van der Waals surface area contributed by atoms with E-state index in [1.165, 1.54) is 28.2 Å². The van der Waals surface area contributed by atoms with E-state index < -0.39 is 28.9 Å². The third-order valence-electron chi connectivity index (χ3n) is 5.37. The number of aliphatic hydroxyl groups is 1. The van der Waals surface area contributed by atoms with Crippen LogP contribution in [0.1, 0.15) is 18.1 Å². The second-order valence-corrected chi connectivity index (χ2v) is 9.77. The molecule has 3 N–H and O–H groups in total. The van der Waals surface area contributed by atoms with E-state index in [9.17, 15) is 24.6 Å². The number of thioether (sulfide) groups is 2. The number of β-lactam (4-membered cyclic amide) rings is 1. The van der Waals surface area contributed by atoms with Gasteiger partial charge in [0.2, 0.25) is 5.91 Å². The summed E-state index contributed by atoms with van der Waals surface area (Å²) in [6.07, 6.45) is -1.52. The molecule has 1 aromatic carbocycles. The van der Waals surface area contributed by atoms with Crippen molar-refractivity contribution >= 4 is 47.0 Å². The molecule has 2 amide bonds. The van der Waals surface area contributed by atoms with Crippen LogP contribution in [0.3, 0.4) is 0 Å². The predicted molar refractivity (Wildman–Crippen MR) is 120 cm³/mol. The number of rotatable bonds is 7. The number of carboxylic acid groups (broad SMARTS) is 1. The third-order valence-corrected chi connectivity index (χ3v) is 7.77. The molecule has 1 fully saturated rings. The van der Waals surface area contributed by atoms with Crippen LogP contribution in [0.25, 0.3) is 5.65 Å². The highest BCUT2D eigenvalue weighted by molar-refractivity contribution is 8.01. The number of carbonyl (C=O) groups excluding carboxylic acids is 2. The first-order valence-electron chi connectivity index (χ1n) is 10.0. The summed E-state index contributed by atoms with van der Waals surface area (Å²) in [5.41, 5.74) is 1.23. The molecule has 1 saturated heterocycles. The molecule has 0 spiro atoms. The van der Waals surface area contributed by atoms with Crippen LogP contribution in [-0.4, -0.2) is 74.7 Å². The minimum Gasteiger partial charge on any atom is -0.477 e. The summed E-state index contributed by atoms with van der Waals surface area (Å²) < 4.78 is 1.27. The summed E-state index contributed by atoms with van der Waals surface area (Å²) in [4.78, 5) is 37.3. The summed E-state index contributed by atoms with van der Waals surface area (Å²) in [5, 5.41) is 38.9. The minimum absolute atomic E-state index is 0.0698. The molecule has 0 saturated carbocycles. The molecule has 174 valence electrons. The molecule has 5 rings (SSSR count). The zero-order chi connectivity index (χ0) is 23.9. The van der Waals surface area contributed by atoms with Gasteiger partial charge in [-0.05, 0) is 33.7 Å². The fraction of sp³-hybridized carbons (Fsp3) is 0.250. The molecule has 2 aromatic heterocycles. The van der Waals surface area contributed by atoms with Crippen molar-refractivity contribution in [3.63, 3.8) is 0 Å². The topological polar surface area (TPSA) is 163 Å². The van der Waals surface area contributed by atoms with Gasteiger partial charge in [-0.25, -0.2) is 4.79 Å². The van der Waals surface area contributed by atoms with Crippen molar-refractivity contribution < 1.29 is 24.6 Å². The van der Waals surface area contributed by atoms with Crippen LogP contribution in [0.5, 0.6) is 0 Å². The summed E-state index contributed by atoms with van der Waals surface area (Å²) in [5.74, 6) is -1.87. The first-order chi connectivity index (χ1) is 16.4. The maximum atomic E-state index is 12.7. The van der Waals surface area contributed by atoms with Crippen LogP contribution in [0.2, 0.25) is 0 Å². The van der Waals surface area contributed by atoms with Gasteiger partial charge < -0.3 is 15.5 Å². The molecule has 3 aromatic rings. The number of aliphatic hydroxyl groups excluding tert-OH is 1. The Morgan fingerprint density at radius 1 is 1.24 bits per heavy atom. The molecule has 2 aliphatic rings. The highest BCUT2D eigenvalue weighted by Gasteiger charge is 2.58. The monoisotopic (exact) mass is 499 g/mol. The smallest absolute Gasteiger partial charge is 0.352 e. The predicted octanol–water partition coefficient (Wildman–Crippen LogP) is 0.433. The van der Waals surface area contributed by atoms with Crippen LogP contribution < -0.4 is 5.32 Å². The number of fused-ring (bicyclic) bond motifs is 2. The Bertz CT molecular complexity index is 1330. The number of carbonyl (C=O) groups is 3. The average Bonchev–Trinajstić information content (AvgIpc) is 3.30. The van der Waals surface area contributed by atoms with Crippen molar-refractivity contribution in [3.8, 4) is 0 Å². The van der Waals surface area contributed by atoms with Crippen LogP contribution in [0.4, 0.5) is 0 Å². The Morgan fingerprint density at radius 2 is 2.03 bits per heavy atom. The quantitative estimate of drug-likeness (QED) is 0.305. The van der Waals surface area contributed by atoms with E-state index in [1.807, 2.05) is 0 Å². The van der Waals surface area contributed by atoms with E-state index >= 15 is 0 Å². The fourth-order valence-corrected chi connectivity index (χ4v) is 6.10. The van der Waals surface area contributed by atoms with Crippen molar-refractivity contribution in [2.24, 2.45) is 0 Å². The van der Waals surface area contributed by atoms with Crippen LogP contribution >= 0.6 is 23.5 Å². The van der Waals surface area contributed by atoms with Crippen molar-refractivity contribution in [1.82, 2.24) is 35.5 Å². The second kappa shape index (κ2) is 8.70. The molecule has 34 heavy (non-hydrogen) atoms. The molecule has 4 heterocycles. The van der Waals surface area contributed by atoms with Gasteiger partial charge in [-0.1, -0.05) is 30.3 Å². The van der Waals surface area contributed by atoms with E-state index in [2.05, 4.69) is 25.9 Å². The number of hydrogen-bond donors (Lipinski definition) is 3. The average molecular weight is 500 g/mol. The zero-order valence-electron chi connectivity index (χ0n) is 17.4. The van der Waals surface area contributed by atoms with Gasteiger partial charge in [0, 0.05) is 11.5 Å². The van der Waals surface area contributed by atoms with Gasteiger partial charge in [0.15, 0.2) is 16.7 Å². The SMILES string of the molecule is O=C(O)C1=C(CSc2ccc3nnnn3n2)CS[C@]2(NC(=O)C(O)c3ccccc3)CC(=O)N12. The Hall–Kier alpha value is -3.49. The van der Waals surface area contributed by atoms with E-state index in [0.717, 1.165) is 4.90 Å². The Morgan fingerprint density at radius 3 is 2.76 bits per heavy atom. The summed E-state index contributed by atoms with van der Waals surface area (Å²) in [7, 11) is 0. The third kappa shape index (κ3) is 3.89. The molecule has 1 unspecified atom stereocenters. The lowest BCUT2D eigenvalue weighted by Crippen LogP contribution is -2.71. The van der Waals surface area contributed by atoms with Gasteiger partial charge in [-0.15, -0.1) is 38.4 Å². The lowest BCUT2D eigenvalue weighted by atomic mass is 10.0. The number of carboxylic acids is 1. The number of amides is 2. The molecule has 0 radical (unpaired) electrons. The summed E-state index contributed by atoms with van der Waals surface area (Å²) in [6, 6.07) is 11.8. The molecule has 0 aliphatic carbocycles. The first kappa shape index (κ1) is 22.3. The largest absolute Gasteiger partial charge is 0.477 e. The Kier molecular flexibility index (Phi) is 5.71. The molecule has 2 atom stereocenters. The lowest BCUT2D eigenvalue weighted by molar-refractivity contribution is -0.156. The van der Waals surface area contributed by atoms with E-state index in [-0.39, 0.29) is 23.6 Å². The van der Waals surface area contributed by atoms with E-state index in [0.29, 0.717) is 21.8 Å². The van der Waals surface area contributed by atoms with Gasteiger partial charge in [-0.3, -0.25) is 14.5 Å². The van der Waals surface area contributed by atoms with Crippen molar-refractivity contribution in [2.45, 2.75) is 22.5 Å². The highest BCUT2D eigenvalue weighted by atomic mass is 32.2. The van der Waals surface area contributed by atoms with E-state index in [4.69, 9.17) is 0 Å². The number of aromatic nitrogens is 5. The standard InChI is InChI=1S/C20H17N7O5S2/c28-15-8-20(21-18(30)17(29)11-4-2-1-3-5-11)26(15)16(19(31)32)12(10-34-20)9-33-14-7-6-13-22-24-25-27(13)23-14/h1-7,17,29H,8-10H2,(H,21,30)(H,31,32)/t17?,20-/m0/s1. The molecular weight excluding hydrogens is 482 g/mol. The normalized spacial score (nSPS) is 20.6. The Labute approximate surface area is 200 Å². The van der Waals surface area contributed by atoms with Gasteiger partial charge in [0.1, 0.15) is 10.7 Å². The minimum atomic E-state index is -1.45. The fourth-order valence-electron chi connectivity index (χ4n) is 3.74. The van der Waals surface area contributed by atoms with Crippen LogP contribution in [-0.2, 0) is 14.4 Å². The molecular formula is C20H17N7O5S2. The molecule has 2 aliphatic heterocycles. The first-order valence-corrected chi connectivity index (χ1v) is 12.0. The van der Waals surface area contributed by atoms with Gasteiger partial charge in [0.05, 0.1) is 6.42 Å². The summed E-state index contributed by atoms with van der Waals surface area (Å²) >= 11 is 2.53. The number of hydrogen-bond acceptors (Lipinski definition) is 10. The van der Waals surface area contributed by atoms with Gasteiger partial charge >= 0.3 is 5.97 Å². The molecule has 0 bridgehead atoms. The van der Waals surface area contributed by atoms with Crippen molar-refractivity contribution in [1.29, 1.82) is 0 Å². The second-order valence-electron chi connectivity index (χ2n) is 7.53. The number of nitrogens with zero attached hydrogens (tertiary/aromatic N) is 6. The number of tetrazole rings is 1. The lowest BCUT2D eigenvalue weighted by Gasteiger charge is -2.54. The number of benzene rings is 1. The zero-order valence-corrected chi connectivity index (χ0v) is 19.0. The van der Waals surface area contributed by atoms with Crippen LogP contribution in [0, 0.1) is 0 Å². The molecule has 14 heteroatoms. The van der Waals surface area contributed by atoms with Crippen LogP contribution in [0.15, 0.2) is 58.8 Å². The summed E-state index contributed by atoms with van der Waals surface area (Å²) in [6.45, 7) is 0.